The molecular formula is C20H21F4N3O. The molecule has 2 aromatic carbocycles. The number of nitrogens with zero attached hydrogens (tertiary/aromatic N) is 2. The van der Waals surface area contributed by atoms with Gasteiger partial charge in [-0.25, -0.2) is 9.18 Å². The van der Waals surface area contributed by atoms with Crippen molar-refractivity contribution in [1.82, 2.24) is 10.2 Å². The first-order chi connectivity index (χ1) is 13.3. The van der Waals surface area contributed by atoms with Crippen LogP contribution in [-0.2, 0) is 12.6 Å². The molecule has 1 fully saturated rings. The first-order valence-corrected chi connectivity index (χ1v) is 9.02. The molecule has 1 N–H and O–H groups in total. The van der Waals surface area contributed by atoms with Gasteiger partial charge in [0, 0.05) is 38.4 Å². The molecule has 8 heteroatoms. The molecule has 0 aromatic heterocycles. The number of alkyl halides is 3. The molecule has 1 aliphatic heterocycles. The minimum Gasteiger partial charge on any atom is -0.368 e. The molecule has 4 nitrogen and oxygen atoms in total. The molecule has 1 aliphatic rings. The van der Waals surface area contributed by atoms with Crippen molar-refractivity contribution in [3.8, 4) is 0 Å². The second kappa shape index (κ2) is 8.50. The highest BCUT2D eigenvalue weighted by Gasteiger charge is 2.31. The second-order valence-electron chi connectivity index (χ2n) is 6.63. The molecule has 1 saturated heterocycles. The van der Waals surface area contributed by atoms with Crippen LogP contribution in [0.2, 0.25) is 0 Å². The Labute approximate surface area is 160 Å². The summed E-state index contributed by atoms with van der Waals surface area (Å²) in [7, 11) is 0. The van der Waals surface area contributed by atoms with Crippen molar-refractivity contribution < 1.29 is 22.4 Å². The topological polar surface area (TPSA) is 35.6 Å². The predicted octanol–water partition coefficient (Wildman–Crippen LogP) is 3.92. The number of urea groups is 1. The molecule has 150 valence electrons. The van der Waals surface area contributed by atoms with Crippen LogP contribution in [0.4, 0.5) is 28.0 Å². The number of carbonyl (C=O) groups is 1. The first kappa shape index (κ1) is 20.0. The number of amides is 2. The zero-order valence-corrected chi connectivity index (χ0v) is 15.2. The van der Waals surface area contributed by atoms with E-state index in [1.165, 1.54) is 18.2 Å². The molecule has 1 heterocycles. The van der Waals surface area contributed by atoms with Gasteiger partial charge < -0.3 is 15.1 Å². The van der Waals surface area contributed by atoms with Gasteiger partial charge in [0.25, 0.3) is 0 Å². The lowest BCUT2D eigenvalue weighted by atomic mass is 10.1. The van der Waals surface area contributed by atoms with Gasteiger partial charge in [0.1, 0.15) is 5.82 Å². The average Bonchev–Trinajstić information content (AvgIpc) is 2.69. The smallest absolute Gasteiger partial charge is 0.368 e. The fourth-order valence-electron chi connectivity index (χ4n) is 3.12. The molecule has 2 amide bonds. The Morgan fingerprint density at radius 1 is 1.00 bits per heavy atom. The first-order valence-electron chi connectivity index (χ1n) is 9.02. The third kappa shape index (κ3) is 5.15. The minimum absolute atomic E-state index is 0.203. The van der Waals surface area contributed by atoms with Crippen LogP contribution in [0, 0.1) is 5.82 Å². The van der Waals surface area contributed by atoms with Crippen molar-refractivity contribution in [3.05, 3.63) is 65.5 Å². The summed E-state index contributed by atoms with van der Waals surface area (Å²) in [6.45, 7) is 2.22. The molecule has 28 heavy (non-hydrogen) atoms. The fraction of sp³-hybridized carbons (Fsp3) is 0.350. The number of hydrogen-bond acceptors (Lipinski definition) is 2. The van der Waals surface area contributed by atoms with Crippen LogP contribution in [0.25, 0.3) is 0 Å². The SMILES string of the molecule is O=C(NCCc1ccc(F)cc1)N1CCN(c2cccc(C(F)(F)F)c2)CC1. The van der Waals surface area contributed by atoms with Crippen molar-refractivity contribution in [2.75, 3.05) is 37.6 Å². The van der Waals surface area contributed by atoms with E-state index in [0.717, 1.165) is 17.7 Å². The summed E-state index contributed by atoms with van der Waals surface area (Å²) >= 11 is 0. The molecule has 0 saturated carbocycles. The van der Waals surface area contributed by atoms with Gasteiger partial charge in [0.05, 0.1) is 5.56 Å². The highest BCUT2D eigenvalue weighted by Crippen LogP contribution is 2.31. The Kier molecular flexibility index (Phi) is 6.06. The van der Waals surface area contributed by atoms with E-state index in [0.29, 0.717) is 44.8 Å². The second-order valence-corrected chi connectivity index (χ2v) is 6.63. The molecular weight excluding hydrogens is 374 g/mol. The Hall–Kier alpha value is -2.77. The zero-order chi connectivity index (χ0) is 20.1. The maximum atomic E-state index is 12.9. The largest absolute Gasteiger partial charge is 0.416 e. The van der Waals surface area contributed by atoms with Gasteiger partial charge in [-0.05, 0) is 42.3 Å². The third-order valence-electron chi connectivity index (χ3n) is 4.71. The van der Waals surface area contributed by atoms with Gasteiger partial charge in [0.2, 0.25) is 0 Å². The van der Waals surface area contributed by atoms with Crippen molar-refractivity contribution in [1.29, 1.82) is 0 Å². The number of anilines is 1. The summed E-state index contributed by atoms with van der Waals surface area (Å²) in [5, 5.41) is 2.83. The lowest BCUT2D eigenvalue weighted by Crippen LogP contribution is -2.52. The van der Waals surface area contributed by atoms with E-state index in [1.807, 2.05) is 4.90 Å². The molecule has 3 rings (SSSR count). The van der Waals surface area contributed by atoms with E-state index in [2.05, 4.69) is 5.32 Å². The van der Waals surface area contributed by atoms with E-state index in [-0.39, 0.29) is 11.8 Å². The van der Waals surface area contributed by atoms with Crippen LogP contribution in [0.3, 0.4) is 0 Å². The zero-order valence-electron chi connectivity index (χ0n) is 15.2. The van der Waals surface area contributed by atoms with Crippen LogP contribution >= 0.6 is 0 Å². The van der Waals surface area contributed by atoms with Crippen molar-refractivity contribution in [3.63, 3.8) is 0 Å². The van der Waals surface area contributed by atoms with E-state index < -0.39 is 11.7 Å². The third-order valence-corrected chi connectivity index (χ3v) is 4.71. The molecule has 0 spiro atoms. The van der Waals surface area contributed by atoms with Gasteiger partial charge in [-0.1, -0.05) is 18.2 Å². The monoisotopic (exact) mass is 395 g/mol. The Bertz CT molecular complexity index is 800. The normalized spacial score (nSPS) is 14.9. The van der Waals surface area contributed by atoms with Crippen LogP contribution in [0.15, 0.2) is 48.5 Å². The lowest BCUT2D eigenvalue weighted by molar-refractivity contribution is -0.137. The quantitative estimate of drug-likeness (QED) is 0.797. The Balaban J connectivity index is 1.47. The van der Waals surface area contributed by atoms with Gasteiger partial charge in [-0.2, -0.15) is 13.2 Å². The van der Waals surface area contributed by atoms with Crippen LogP contribution in [-0.4, -0.2) is 43.7 Å². The van der Waals surface area contributed by atoms with Crippen LogP contribution in [0.5, 0.6) is 0 Å². The number of nitrogens with one attached hydrogen (secondary N) is 1. The summed E-state index contributed by atoms with van der Waals surface area (Å²) < 4.78 is 51.5. The van der Waals surface area contributed by atoms with E-state index in [4.69, 9.17) is 0 Å². The summed E-state index contributed by atoms with van der Waals surface area (Å²) in [5.74, 6) is -0.300. The Morgan fingerprint density at radius 3 is 2.32 bits per heavy atom. The highest BCUT2D eigenvalue weighted by atomic mass is 19.4. The molecule has 0 aliphatic carbocycles. The number of carbonyl (C=O) groups excluding carboxylic acids is 1. The van der Waals surface area contributed by atoms with Crippen molar-refractivity contribution in [2.24, 2.45) is 0 Å². The minimum atomic E-state index is -4.37. The van der Waals surface area contributed by atoms with Gasteiger partial charge in [-0.3, -0.25) is 0 Å². The number of rotatable bonds is 4. The lowest BCUT2D eigenvalue weighted by Gasteiger charge is -2.36. The maximum absolute atomic E-state index is 12.9. The number of hydrogen-bond donors (Lipinski definition) is 1. The summed E-state index contributed by atoms with van der Waals surface area (Å²) in [6.07, 6.45) is -3.78. The molecule has 0 atom stereocenters. The van der Waals surface area contributed by atoms with Crippen LogP contribution < -0.4 is 10.2 Å². The average molecular weight is 395 g/mol. The van der Waals surface area contributed by atoms with E-state index in [1.54, 1.807) is 23.1 Å². The summed E-state index contributed by atoms with van der Waals surface area (Å²) in [4.78, 5) is 15.8. The van der Waals surface area contributed by atoms with Gasteiger partial charge in [0.15, 0.2) is 0 Å². The summed E-state index contributed by atoms with van der Waals surface area (Å²) in [5.41, 5.74) is 0.758. The highest BCUT2D eigenvalue weighted by molar-refractivity contribution is 5.74. The van der Waals surface area contributed by atoms with Crippen molar-refractivity contribution >= 4 is 11.7 Å². The Morgan fingerprint density at radius 2 is 1.68 bits per heavy atom. The van der Waals surface area contributed by atoms with E-state index in [9.17, 15) is 22.4 Å². The summed E-state index contributed by atoms with van der Waals surface area (Å²) in [6, 6.07) is 11.1. The van der Waals surface area contributed by atoms with E-state index >= 15 is 0 Å². The number of piperazine rings is 1. The predicted molar refractivity (Wildman–Crippen MR) is 98.7 cm³/mol. The van der Waals surface area contributed by atoms with Crippen LogP contribution in [0.1, 0.15) is 11.1 Å². The molecule has 0 unspecified atom stereocenters. The van der Waals surface area contributed by atoms with Gasteiger partial charge in [-0.15, -0.1) is 0 Å². The van der Waals surface area contributed by atoms with Crippen molar-refractivity contribution in [2.45, 2.75) is 12.6 Å². The maximum Gasteiger partial charge on any atom is 0.416 e. The molecule has 0 radical (unpaired) electrons. The molecule has 0 bridgehead atoms. The van der Waals surface area contributed by atoms with Gasteiger partial charge >= 0.3 is 12.2 Å². The molecule has 2 aromatic rings. The standard InChI is InChI=1S/C20H21F4N3O/c21-17-6-4-15(5-7-17)8-9-25-19(28)27-12-10-26(11-13-27)18-3-1-2-16(14-18)20(22,23)24/h1-7,14H,8-13H2,(H,25,28). The number of halogens is 4. The number of benzene rings is 2. The fourth-order valence-corrected chi connectivity index (χ4v) is 3.12.